The first-order valence-electron chi connectivity index (χ1n) is 10.8. The summed E-state index contributed by atoms with van der Waals surface area (Å²) < 4.78 is 0. The second kappa shape index (κ2) is 9.86. The van der Waals surface area contributed by atoms with Crippen LogP contribution in [0, 0.1) is 0 Å². The quantitative estimate of drug-likeness (QED) is 0.595. The van der Waals surface area contributed by atoms with Gasteiger partial charge in [-0.25, -0.2) is 0 Å². The number of carbonyl (C=O) groups excluding carboxylic acids is 1. The zero-order valence-corrected chi connectivity index (χ0v) is 18.3. The SMILES string of the molecule is CNC(=O)C(Sc1cccc2c1NCCC2)[C@H](CN1CC[C@H](O)C1)c1ccccc1. The molecule has 2 aliphatic heterocycles. The molecule has 0 spiro atoms. The molecular weight excluding hydrogens is 394 g/mol. The molecule has 2 aromatic carbocycles. The van der Waals surface area contributed by atoms with E-state index in [1.807, 2.05) is 18.2 Å². The summed E-state index contributed by atoms with van der Waals surface area (Å²) in [6.07, 6.45) is 2.76. The van der Waals surface area contributed by atoms with Gasteiger partial charge in [-0.05, 0) is 36.5 Å². The number of likely N-dealkylation sites (tertiary alicyclic amines) is 1. The van der Waals surface area contributed by atoms with E-state index < -0.39 is 0 Å². The maximum atomic E-state index is 13.1. The van der Waals surface area contributed by atoms with Crippen LogP contribution in [0.15, 0.2) is 53.4 Å². The first-order valence-corrected chi connectivity index (χ1v) is 11.7. The third-order valence-corrected chi connectivity index (χ3v) is 7.48. The fourth-order valence-corrected chi connectivity index (χ4v) is 5.89. The van der Waals surface area contributed by atoms with Crippen LogP contribution < -0.4 is 10.6 Å². The number of para-hydroxylation sites is 1. The molecule has 5 nitrogen and oxygen atoms in total. The smallest absolute Gasteiger partial charge is 0.233 e. The number of benzene rings is 2. The van der Waals surface area contributed by atoms with E-state index in [2.05, 4.69) is 45.9 Å². The van der Waals surface area contributed by atoms with Crippen molar-refractivity contribution in [3.8, 4) is 0 Å². The third kappa shape index (κ3) is 4.82. The molecular formula is C24H31N3O2S. The molecule has 1 amide bonds. The molecule has 0 saturated carbocycles. The van der Waals surface area contributed by atoms with Crippen LogP contribution in [0.25, 0.3) is 0 Å². The van der Waals surface area contributed by atoms with Crippen molar-refractivity contribution < 1.29 is 9.90 Å². The van der Waals surface area contributed by atoms with Crippen molar-refractivity contribution in [3.63, 3.8) is 0 Å². The maximum Gasteiger partial charge on any atom is 0.233 e. The fraction of sp³-hybridized carbons (Fsp3) is 0.458. The molecule has 0 aromatic heterocycles. The van der Waals surface area contributed by atoms with Crippen LogP contribution in [-0.4, -0.2) is 60.5 Å². The zero-order valence-electron chi connectivity index (χ0n) is 17.5. The highest BCUT2D eigenvalue weighted by Gasteiger charge is 2.34. The summed E-state index contributed by atoms with van der Waals surface area (Å²) in [7, 11) is 1.72. The number of β-amino-alcohol motifs (C(OH)–C–C–N with tert-alkyl or cyclic N) is 1. The highest BCUT2D eigenvalue weighted by molar-refractivity contribution is 8.00. The van der Waals surface area contributed by atoms with Gasteiger partial charge in [0.25, 0.3) is 0 Å². The van der Waals surface area contributed by atoms with Gasteiger partial charge in [-0.3, -0.25) is 4.79 Å². The van der Waals surface area contributed by atoms with Gasteiger partial charge in [0.1, 0.15) is 0 Å². The topological polar surface area (TPSA) is 64.6 Å². The predicted octanol–water partition coefficient (Wildman–Crippen LogP) is 3.10. The molecule has 2 aromatic rings. The Kier molecular flexibility index (Phi) is 6.97. The number of hydrogen-bond acceptors (Lipinski definition) is 5. The molecule has 1 fully saturated rings. The first kappa shape index (κ1) is 21.2. The highest BCUT2D eigenvalue weighted by Crippen LogP contribution is 2.40. The Balaban J connectivity index is 1.66. The molecule has 3 N–H and O–H groups in total. The van der Waals surface area contributed by atoms with E-state index in [1.54, 1.807) is 18.8 Å². The van der Waals surface area contributed by atoms with E-state index in [0.29, 0.717) is 6.54 Å². The normalized spacial score (nSPS) is 20.8. The largest absolute Gasteiger partial charge is 0.392 e. The Morgan fingerprint density at radius 1 is 1.27 bits per heavy atom. The van der Waals surface area contributed by atoms with E-state index in [1.165, 1.54) is 11.3 Å². The lowest BCUT2D eigenvalue weighted by atomic mass is 9.94. The monoisotopic (exact) mass is 425 g/mol. The van der Waals surface area contributed by atoms with Gasteiger partial charge in [0.05, 0.1) is 17.0 Å². The number of rotatable bonds is 7. The average molecular weight is 426 g/mol. The molecule has 2 heterocycles. The Labute approximate surface area is 183 Å². The summed E-state index contributed by atoms with van der Waals surface area (Å²) in [5, 5.41) is 16.2. The lowest BCUT2D eigenvalue weighted by Crippen LogP contribution is -2.39. The van der Waals surface area contributed by atoms with Crippen LogP contribution in [-0.2, 0) is 11.2 Å². The zero-order chi connectivity index (χ0) is 20.9. The maximum absolute atomic E-state index is 13.1. The van der Waals surface area contributed by atoms with Gasteiger partial charge in [-0.1, -0.05) is 42.5 Å². The number of aliphatic hydroxyl groups excluding tert-OH is 1. The van der Waals surface area contributed by atoms with Crippen LogP contribution >= 0.6 is 11.8 Å². The van der Waals surface area contributed by atoms with Crippen LogP contribution in [0.4, 0.5) is 5.69 Å². The minimum atomic E-state index is -0.266. The van der Waals surface area contributed by atoms with Crippen molar-refractivity contribution in [1.82, 2.24) is 10.2 Å². The number of carbonyl (C=O) groups is 1. The van der Waals surface area contributed by atoms with Crippen molar-refractivity contribution in [3.05, 3.63) is 59.7 Å². The number of fused-ring (bicyclic) bond motifs is 1. The molecule has 6 heteroatoms. The predicted molar refractivity (Wildman–Crippen MR) is 123 cm³/mol. The standard InChI is InChI=1S/C24H31N3O2S/c1-25-24(29)23(30-21-11-5-9-18-10-6-13-26-22(18)21)20(17-7-3-2-4-8-17)16-27-14-12-19(28)15-27/h2-5,7-9,11,19-20,23,26,28H,6,10,12-16H2,1H3,(H,25,29)/t19-,20+,23?/m0/s1. The van der Waals surface area contributed by atoms with E-state index in [0.717, 1.165) is 49.4 Å². The van der Waals surface area contributed by atoms with Crippen LogP contribution in [0.3, 0.4) is 0 Å². The lowest BCUT2D eigenvalue weighted by molar-refractivity contribution is -0.120. The second-order valence-electron chi connectivity index (χ2n) is 8.19. The van der Waals surface area contributed by atoms with Gasteiger partial charge >= 0.3 is 0 Å². The van der Waals surface area contributed by atoms with Crippen molar-refractivity contribution >= 4 is 23.4 Å². The summed E-state index contributed by atoms with van der Waals surface area (Å²) in [5.41, 5.74) is 3.68. The van der Waals surface area contributed by atoms with Crippen molar-refractivity contribution in [2.45, 2.75) is 41.4 Å². The highest BCUT2D eigenvalue weighted by atomic mass is 32.2. The number of hydrogen-bond donors (Lipinski definition) is 3. The van der Waals surface area contributed by atoms with E-state index in [-0.39, 0.29) is 23.2 Å². The Hall–Kier alpha value is -2.02. The summed E-state index contributed by atoms with van der Waals surface area (Å²) in [5.74, 6) is 0.0721. The van der Waals surface area contributed by atoms with Gasteiger partial charge < -0.3 is 20.6 Å². The Morgan fingerprint density at radius 3 is 2.83 bits per heavy atom. The number of aryl methyl sites for hydroxylation is 1. The molecule has 1 unspecified atom stereocenters. The van der Waals surface area contributed by atoms with Gasteiger partial charge in [-0.2, -0.15) is 0 Å². The molecule has 160 valence electrons. The van der Waals surface area contributed by atoms with E-state index >= 15 is 0 Å². The number of anilines is 1. The summed E-state index contributed by atoms with van der Waals surface area (Å²) in [6.45, 7) is 3.28. The molecule has 4 rings (SSSR count). The Bertz CT molecular complexity index is 861. The Morgan fingerprint density at radius 2 is 2.10 bits per heavy atom. The lowest BCUT2D eigenvalue weighted by Gasteiger charge is -2.31. The van der Waals surface area contributed by atoms with Gasteiger partial charge in [0.2, 0.25) is 5.91 Å². The average Bonchev–Trinajstić information content (AvgIpc) is 3.21. The summed E-state index contributed by atoms with van der Waals surface area (Å²) >= 11 is 1.66. The minimum absolute atomic E-state index is 0.0286. The first-order chi connectivity index (χ1) is 14.7. The minimum Gasteiger partial charge on any atom is -0.392 e. The van der Waals surface area contributed by atoms with Crippen molar-refractivity contribution in [2.24, 2.45) is 0 Å². The number of nitrogens with one attached hydrogen (secondary N) is 2. The van der Waals surface area contributed by atoms with Crippen molar-refractivity contribution in [1.29, 1.82) is 0 Å². The number of thioether (sulfide) groups is 1. The van der Waals surface area contributed by atoms with Crippen LogP contribution in [0.2, 0.25) is 0 Å². The molecule has 0 aliphatic carbocycles. The van der Waals surface area contributed by atoms with E-state index in [9.17, 15) is 9.90 Å². The van der Waals surface area contributed by atoms with Crippen molar-refractivity contribution in [2.75, 3.05) is 38.5 Å². The van der Waals surface area contributed by atoms with Crippen LogP contribution in [0.1, 0.15) is 29.9 Å². The molecule has 30 heavy (non-hydrogen) atoms. The second-order valence-corrected chi connectivity index (χ2v) is 9.38. The molecule has 0 radical (unpaired) electrons. The summed E-state index contributed by atoms with van der Waals surface area (Å²) in [6, 6.07) is 16.7. The van der Waals surface area contributed by atoms with Gasteiger partial charge in [0.15, 0.2) is 0 Å². The fourth-order valence-electron chi connectivity index (χ4n) is 4.51. The van der Waals surface area contributed by atoms with E-state index in [4.69, 9.17) is 0 Å². The van der Waals surface area contributed by atoms with Gasteiger partial charge in [0, 0.05) is 44.0 Å². The third-order valence-electron chi connectivity index (χ3n) is 6.09. The molecule has 1 saturated heterocycles. The molecule has 2 aliphatic rings. The number of nitrogens with zero attached hydrogens (tertiary/aromatic N) is 1. The van der Waals surface area contributed by atoms with Gasteiger partial charge in [-0.15, -0.1) is 11.8 Å². The number of aliphatic hydroxyl groups is 1. The summed E-state index contributed by atoms with van der Waals surface area (Å²) in [4.78, 5) is 16.5. The number of amides is 1. The molecule has 0 bridgehead atoms. The molecule has 3 atom stereocenters. The van der Waals surface area contributed by atoms with Crippen LogP contribution in [0.5, 0.6) is 0 Å².